The molecule has 0 aliphatic carbocycles. The Kier molecular flexibility index (Phi) is 4.02. The Labute approximate surface area is 92.6 Å². The standard InChI is InChI=1S/C11H9ClO3/c1-15-11(14)9-5-4-8(3-2-6-12)10(13)7-9/h4-5,7,13H,6H2,1H3. The molecule has 0 unspecified atom stereocenters. The fraction of sp³-hybridized carbons (Fsp3) is 0.182. The summed E-state index contributed by atoms with van der Waals surface area (Å²) in [5.41, 5.74) is 0.717. The molecule has 0 amide bonds. The highest BCUT2D eigenvalue weighted by molar-refractivity contribution is 6.19. The van der Waals surface area contributed by atoms with E-state index in [1.807, 2.05) is 0 Å². The van der Waals surface area contributed by atoms with E-state index in [0.717, 1.165) is 0 Å². The molecule has 1 rings (SSSR count). The number of phenolic OH excluding ortho intramolecular Hbond substituents is 1. The molecule has 0 aromatic heterocycles. The molecule has 1 aromatic carbocycles. The van der Waals surface area contributed by atoms with Crippen LogP contribution in [-0.4, -0.2) is 24.1 Å². The smallest absolute Gasteiger partial charge is 0.337 e. The predicted molar refractivity (Wildman–Crippen MR) is 57.0 cm³/mol. The Morgan fingerprint density at radius 2 is 2.33 bits per heavy atom. The van der Waals surface area contributed by atoms with Crippen molar-refractivity contribution < 1.29 is 14.6 Å². The molecule has 0 atom stereocenters. The molecule has 1 aromatic rings. The summed E-state index contributed by atoms with van der Waals surface area (Å²) in [5.74, 6) is 4.90. The Morgan fingerprint density at radius 3 is 2.87 bits per heavy atom. The molecule has 0 aliphatic heterocycles. The van der Waals surface area contributed by atoms with E-state index >= 15 is 0 Å². The normalized spacial score (nSPS) is 8.93. The Balaban J connectivity index is 3.03. The van der Waals surface area contributed by atoms with Crippen LogP contribution in [0.3, 0.4) is 0 Å². The third-order valence-corrected chi connectivity index (χ3v) is 1.84. The Bertz CT molecular complexity index is 429. The van der Waals surface area contributed by atoms with Gasteiger partial charge < -0.3 is 9.84 Å². The van der Waals surface area contributed by atoms with Crippen molar-refractivity contribution in [3.05, 3.63) is 29.3 Å². The van der Waals surface area contributed by atoms with Crippen molar-refractivity contribution in [2.24, 2.45) is 0 Å². The van der Waals surface area contributed by atoms with E-state index in [1.54, 1.807) is 6.07 Å². The van der Waals surface area contributed by atoms with Crippen LogP contribution in [0.4, 0.5) is 0 Å². The quantitative estimate of drug-likeness (QED) is 0.449. The molecule has 0 bridgehead atoms. The topological polar surface area (TPSA) is 46.5 Å². The number of alkyl halides is 1. The minimum absolute atomic E-state index is 0.0597. The van der Waals surface area contributed by atoms with Crippen LogP contribution in [0.25, 0.3) is 0 Å². The Morgan fingerprint density at radius 1 is 1.60 bits per heavy atom. The van der Waals surface area contributed by atoms with Gasteiger partial charge in [0.2, 0.25) is 0 Å². The van der Waals surface area contributed by atoms with E-state index < -0.39 is 5.97 Å². The fourth-order valence-electron chi connectivity index (χ4n) is 1.01. The van der Waals surface area contributed by atoms with Gasteiger partial charge in [0.05, 0.1) is 24.1 Å². The van der Waals surface area contributed by atoms with Gasteiger partial charge in [0.1, 0.15) is 5.75 Å². The molecule has 0 saturated carbocycles. The average molecular weight is 225 g/mol. The first-order valence-corrected chi connectivity index (χ1v) is 4.68. The number of esters is 1. The van der Waals surface area contributed by atoms with Gasteiger partial charge in [0.15, 0.2) is 0 Å². The van der Waals surface area contributed by atoms with Crippen LogP contribution in [0.5, 0.6) is 5.75 Å². The maximum Gasteiger partial charge on any atom is 0.337 e. The number of carbonyl (C=O) groups is 1. The van der Waals surface area contributed by atoms with Crippen LogP contribution in [0.2, 0.25) is 0 Å². The van der Waals surface area contributed by atoms with Crippen molar-refractivity contribution in [1.82, 2.24) is 0 Å². The molecule has 78 valence electrons. The zero-order valence-electron chi connectivity index (χ0n) is 8.08. The maximum atomic E-state index is 11.1. The summed E-state index contributed by atoms with van der Waals surface area (Å²) >= 11 is 5.38. The zero-order valence-corrected chi connectivity index (χ0v) is 8.84. The van der Waals surface area contributed by atoms with Crippen molar-refractivity contribution in [1.29, 1.82) is 0 Å². The number of ether oxygens (including phenoxy) is 1. The highest BCUT2D eigenvalue weighted by Gasteiger charge is 2.07. The van der Waals surface area contributed by atoms with Gasteiger partial charge in [-0.1, -0.05) is 11.8 Å². The summed E-state index contributed by atoms with van der Waals surface area (Å²) in [6, 6.07) is 4.38. The van der Waals surface area contributed by atoms with Crippen molar-refractivity contribution in [2.45, 2.75) is 0 Å². The summed E-state index contributed by atoms with van der Waals surface area (Å²) in [5, 5.41) is 9.51. The van der Waals surface area contributed by atoms with Gasteiger partial charge >= 0.3 is 5.97 Å². The van der Waals surface area contributed by atoms with E-state index in [1.165, 1.54) is 19.2 Å². The summed E-state index contributed by atoms with van der Waals surface area (Å²) in [6.45, 7) is 0. The summed E-state index contributed by atoms with van der Waals surface area (Å²) in [6.07, 6.45) is 0. The maximum absolute atomic E-state index is 11.1. The van der Waals surface area contributed by atoms with E-state index in [4.69, 9.17) is 11.6 Å². The zero-order chi connectivity index (χ0) is 11.3. The molecular weight excluding hydrogens is 216 g/mol. The van der Waals surface area contributed by atoms with Crippen molar-refractivity contribution in [2.75, 3.05) is 13.0 Å². The summed E-state index contributed by atoms with van der Waals surface area (Å²) < 4.78 is 4.51. The van der Waals surface area contributed by atoms with Gasteiger partial charge in [-0.25, -0.2) is 4.79 Å². The minimum Gasteiger partial charge on any atom is -0.507 e. The van der Waals surface area contributed by atoms with Gasteiger partial charge in [-0.05, 0) is 18.2 Å². The van der Waals surface area contributed by atoms with E-state index in [-0.39, 0.29) is 17.2 Å². The molecule has 15 heavy (non-hydrogen) atoms. The summed E-state index contributed by atoms with van der Waals surface area (Å²) in [4.78, 5) is 11.1. The number of aromatic hydroxyl groups is 1. The lowest BCUT2D eigenvalue weighted by molar-refractivity contribution is 0.0600. The van der Waals surface area contributed by atoms with Crippen molar-refractivity contribution >= 4 is 17.6 Å². The average Bonchev–Trinajstić information content (AvgIpc) is 2.26. The molecular formula is C11H9ClO3. The second kappa shape index (κ2) is 5.28. The van der Waals surface area contributed by atoms with E-state index in [2.05, 4.69) is 16.6 Å². The Hall–Kier alpha value is -1.66. The number of benzene rings is 1. The number of halogens is 1. The molecule has 0 saturated heterocycles. The van der Waals surface area contributed by atoms with Crippen LogP contribution in [0, 0.1) is 11.8 Å². The fourth-order valence-corrected chi connectivity index (χ4v) is 1.08. The van der Waals surface area contributed by atoms with E-state index in [9.17, 15) is 9.90 Å². The van der Waals surface area contributed by atoms with Crippen LogP contribution in [-0.2, 0) is 4.74 Å². The van der Waals surface area contributed by atoms with Gasteiger partial charge in [-0.2, -0.15) is 0 Å². The lowest BCUT2D eigenvalue weighted by Crippen LogP contribution is -2.00. The van der Waals surface area contributed by atoms with Crippen LogP contribution in [0.1, 0.15) is 15.9 Å². The molecule has 0 heterocycles. The molecule has 4 heteroatoms. The molecule has 1 N–H and O–H groups in total. The molecule has 0 aliphatic rings. The monoisotopic (exact) mass is 224 g/mol. The lowest BCUT2D eigenvalue weighted by atomic mass is 10.1. The molecule has 0 fully saturated rings. The highest BCUT2D eigenvalue weighted by atomic mass is 35.5. The first-order chi connectivity index (χ1) is 7.19. The number of phenols is 1. The lowest BCUT2D eigenvalue weighted by Gasteiger charge is -2.01. The number of carbonyl (C=O) groups excluding carboxylic acids is 1. The van der Waals surface area contributed by atoms with Gasteiger partial charge in [-0.3, -0.25) is 0 Å². The van der Waals surface area contributed by atoms with Gasteiger partial charge in [0, 0.05) is 0 Å². The largest absolute Gasteiger partial charge is 0.507 e. The first kappa shape index (κ1) is 11.4. The SMILES string of the molecule is COC(=O)c1ccc(C#CCCl)c(O)c1. The highest BCUT2D eigenvalue weighted by Crippen LogP contribution is 2.18. The summed E-state index contributed by atoms with van der Waals surface area (Å²) in [7, 11) is 1.28. The predicted octanol–water partition coefficient (Wildman–Crippen LogP) is 1.77. The van der Waals surface area contributed by atoms with Crippen LogP contribution >= 0.6 is 11.6 Å². The van der Waals surface area contributed by atoms with Gasteiger partial charge in [-0.15, -0.1) is 11.6 Å². The molecule has 0 spiro atoms. The van der Waals surface area contributed by atoms with E-state index in [0.29, 0.717) is 5.56 Å². The second-order valence-electron chi connectivity index (χ2n) is 2.66. The van der Waals surface area contributed by atoms with Crippen molar-refractivity contribution in [3.8, 4) is 17.6 Å². The van der Waals surface area contributed by atoms with Crippen LogP contribution < -0.4 is 0 Å². The third kappa shape index (κ3) is 2.90. The van der Waals surface area contributed by atoms with Crippen molar-refractivity contribution in [3.63, 3.8) is 0 Å². The third-order valence-electron chi connectivity index (χ3n) is 1.71. The number of rotatable bonds is 1. The second-order valence-corrected chi connectivity index (χ2v) is 2.93. The molecule has 3 nitrogen and oxygen atoms in total. The minimum atomic E-state index is -0.498. The number of hydrogen-bond acceptors (Lipinski definition) is 3. The number of methoxy groups -OCH3 is 1. The first-order valence-electron chi connectivity index (χ1n) is 4.15. The number of hydrogen-bond donors (Lipinski definition) is 1. The molecule has 0 radical (unpaired) electrons. The van der Waals surface area contributed by atoms with Gasteiger partial charge in [0.25, 0.3) is 0 Å². The van der Waals surface area contributed by atoms with Crippen LogP contribution in [0.15, 0.2) is 18.2 Å².